The Kier molecular flexibility index (Phi) is 5.28. The maximum absolute atomic E-state index is 12.9. The molecule has 0 aromatic heterocycles. The summed E-state index contributed by atoms with van der Waals surface area (Å²) in [5.74, 6) is -0.455. The number of esters is 1. The highest BCUT2D eigenvalue weighted by atomic mass is 19.1. The van der Waals surface area contributed by atoms with Crippen LogP contribution in [0.1, 0.15) is 19.4 Å². The second-order valence-corrected chi connectivity index (χ2v) is 4.93. The van der Waals surface area contributed by atoms with Gasteiger partial charge in [0.1, 0.15) is 5.82 Å². The number of benzene rings is 1. The van der Waals surface area contributed by atoms with Crippen molar-refractivity contribution in [1.82, 2.24) is 5.32 Å². The van der Waals surface area contributed by atoms with E-state index in [1.807, 2.05) is 19.9 Å². The SMILES string of the molecule is COC(=O)C(C)(C)CNCCc1cccc(F)c1. The molecule has 0 saturated carbocycles. The number of methoxy groups -OCH3 is 1. The molecule has 0 spiro atoms. The lowest BCUT2D eigenvalue weighted by Crippen LogP contribution is -2.37. The van der Waals surface area contributed by atoms with Gasteiger partial charge in [-0.3, -0.25) is 4.79 Å². The van der Waals surface area contributed by atoms with Gasteiger partial charge in [0.15, 0.2) is 0 Å². The summed E-state index contributed by atoms with van der Waals surface area (Å²) >= 11 is 0. The third-order valence-electron chi connectivity index (χ3n) is 2.78. The number of hydrogen-bond donors (Lipinski definition) is 1. The lowest BCUT2D eigenvalue weighted by Gasteiger charge is -2.21. The molecule has 0 aliphatic rings. The Bertz CT molecular complexity index is 405. The van der Waals surface area contributed by atoms with Crippen LogP contribution in [-0.4, -0.2) is 26.2 Å². The van der Waals surface area contributed by atoms with Crippen LogP contribution < -0.4 is 5.32 Å². The summed E-state index contributed by atoms with van der Waals surface area (Å²) < 4.78 is 17.7. The first-order chi connectivity index (χ1) is 8.45. The average Bonchev–Trinajstić information content (AvgIpc) is 2.33. The molecule has 100 valence electrons. The van der Waals surface area contributed by atoms with Crippen LogP contribution in [0, 0.1) is 11.2 Å². The number of rotatable bonds is 6. The van der Waals surface area contributed by atoms with Gasteiger partial charge in [0.25, 0.3) is 0 Å². The molecule has 4 heteroatoms. The maximum atomic E-state index is 12.9. The molecule has 0 heterocycles. The summed E-state index contributed by atoms with van der Waals surface area (Å²) in [6.07, 6.45) is 0.731. The van der Waals surface area contributed by atoms with E-state index in [9.17, 15) is 9.18 Å². The Balaban J connectivity index is 2.33. The number of carbonyl (C=O) groups is 1. The van der Waals surface area contributed by atoms with Crippen molar-refractivity contribution in [3.8, 4) is 0 Å². The Morgan fingerprint density at radius 1 is 1.44 bits per heavy atom. The minimum atomic E-state index is -0.545. The van der Waals surface area contributed by atoms with Gasteiger partial charge in [-0.2, -0.15) is 0 Å². The topological polar surface area (TPSA) is 38.3 Å². The van der Waals surface area contributed by atoms with Crippen molar-refractivity contribution in [1.29, 1.82) is 0 Å². The quantitative estimate of drug-likeness (QED) is 0.623. The largest absolute Gasteiger partial charge is 0.469 e. The van der Waals surface area contributed by atoms with Gasteiger partial charge in [-0.15, -0.1) is 0 Å². The molecule has 0 saturated heterocycles. The van der Waals surface area contributed by atoms with Crippen LogP contribution in [0.25, 0.3) is 0 Å². The first kappa shape index (κ1) is 14.6. The number of ether oxygens (including phenoxy) is 1. The van der Waals surface area contributed by atoms with Crippen molar-refractivity contribution in [2.45, 2.75) is 20.3 Å². The predicted molar refractivity (Wildman–Crippen MR) is 68.8 cm³/mol. The van der Waals surface area contributed by atoms with E-state index in [1.54, 1.807) is 6.07 Å². The van der Waals surface area contributed by atoms with E-state index in [0.29, 0.717) is 13.1 Å². The fraction of sp³-hybridized carbons (Fsp3) is 0.500. The molecular weight excluding hydrogens is 233 g/mol. The van der Waals surface area contributed by atoms with Gasteiger partial charge < -0.3 is 10.1 Å². The summed E-state index contributed by atoms with van der Waals surface area (Å²) in [7, 11) is 1.39. The summed E-state index contributed by atoms with van der Waals surface area (Å²) in [5.41, 5.74) is 0.398. The van der Waals surface area contributed by atoms with Crippen LogP contribution in [0.5, 0.6) is 0 Å². The average molecular weight is 253 g/mol. The Hall–Kier alpha value is -1.42. The van der Waals surface area contributed by atoms with E-state index < -0.39 is 5.41 Å². The van der Waals surface area contributed by atoms with Crippen molar-refractivity contribution in [3.05, 3.63) is 35.6 Å². The molecule has 0 aliphatic carbocycles. The summed E-state index contributed by atoms with van der Waals surface area (Å²) in [6, 6.07) is 6.53. The monoisotopic (exact) mass is 253 g/mol. The van der Waals surface area contributed by atoms with E-state index >= 15 is 0 Å². The van der Waals surface area contributed by atoms with E-state index in [0.717, 1.165) is 12.0 Å². The zero-order valence-electron chi connectivity index (χ0n) is 11.1. The molecule has 0 aliphatic heterocycles. The highest BCUT2D eigenvalue weighted by Gasteiger charge is 2.27. The third kappa shape index (κ3) is 4.45. The molecule has 3 nitrogen and oxygen atoms in total. The smallest absolute Gasteiger partial charge is 0.312 e. The van der Waals surface area contributed by atoms with Crippen molar-refractivity contribution in [2.24, 2.45) is 5.41 Å². The van der Waals surface area contributed by atoms with Crippen LogP contribution in [0.2, 0.25) is 0 Å². The lowest BCUT2D eigenvalue weighted by molar-refractivity contribution is -0.150. The van der Waals surface area contributed by atoms with Gasteiger partial charge in [-0.05, 0) is 44.5 Å². The Labute approximate surface area is 107 Å². The number of carbonyl (C=O) groups excluding carboxylic acids is 1. The normalized spacial score (nSPS) is 11.3. The van der Waals surface area contributed by atoms with E-state index in [4.69, 9.17) is 4.74 Å². The highest BCUT2D eigenvalue weighted by molar-refractivity contribution is 5.76. The number of hydrogen-bond acceptors (Lipinski definition) is 3. The second kappa shape index (κ2) is 6.50. The molecule has 1 rings (SSSR count). The first-order valence-corrected chi connectivity index (χ1v) is 5.99. The van der Waals surface area contributed by atoms with Gasteiger partial charge in [-0.1, -0.05) is 12.1 Å². The molecular formula is C14H20FNO2. The van der Waals surface area contributed by atoms with Crippen LogP contribution >= 0.6 is 0 Å². The van der Waals surface area contributed by atoms with Gasteiger partial charge in [0.2, 0.25) is 0 Å². The predicted octanol–water partition coefficient (Wildman–Crippen LogP) is 2.16. The van der Waals surface area contributed by atoms with Gasteiger partial charge >= 0.3 is 5.97 Å². The molecule has 1 N–H and O–H groups in total. The first-order valence-electron chi connectivity index (χ1n) is 5.99. The summed E-state index contributed by atoms with van der Waals surface area (Å²) in [6.45, 7) is 4.89. The molecule has 1 aromatic carbocycles. The van der Waals surface area contributed by atoms with Crippen molar-refractivity contribution in [2.75, 3.05) is 20.2 Å². The van der Waals surface area contributed by atoms with Crippen LogP contribution in [0.15, 0.2) is 24.3 Å². The third-order valence-corrected chi connectivity index (χ3v) is 2.78. The molecule has 18 heavy (non-hydrogen) atoms. The number of halogens is 1. The highest BCUT2D eigenvalue weighted by Crippen LogP contribution is 2.15. The molecule has 0 unspecified atom stereocenters. The van der Waals surface area contributed by atoms with Crippen LogP contribution in [0.3, 0.4) is 0 Å². The van der Waals surface area contributed by atoms with Crippen LogP contribution in [-0.2, 0) is 16.0 Å². The molecule has 1 aromatic rings. The molecule has 0 bridgehead atoms. The van der Waals surface area contributed by atoms with E-state index in [-0.39, 0.29) is 11.8 Å². The fourth-order valence-electron chi connectivity index (χ4n) is 1.67. The standard InChI is InChI=1S/C14H20FNO2/c1-14(2,13(17)18-3)10-16-8-7-11-5-4-6-12(15)9-11/h4-6,9,16H,7-8,10H2,1-3H3. The maximum Gasteiger partial charge on any atom is 0.312 e. The van der Waals surface area contributed by atoms with Crippen molar-refractivity contribution >= 4 is 5.97 Å². The summed E-state index contributed by atoms with van der Waals surface area (Å²) in [5, 5.41) is 3.19. The lowest BCUT2D eigenvalue weighted by atomic mass is 9.94. The molecule has 0 fully saturated rings. The number of nitrogens with one attached hydrogen (secondary N) is 1. The van der Waals surface area contributed by atoms with Gasteiger partial charge in [-0.25, -0.2) is 4.39 Å². The van der Waals surface area contributed by atoms with E-state index in [1.165, 1.54) is 19.2 Å². The minimum Gasteiger partial charge on any atom is -0.469 e. The van der Waals surface area contributed by atoms with Crippen molar-refractivity contribution < 1.29 is 13.9 Å². The Morgan fingerprint density at radius 2 is 2.17 bits per heavy atom. The van der Waals surface area contributed by atoms with Gasteiger partial charge in [0.05, 0.1) is 12.5 Å². The minimum absolute atomic E-state index is 0.220. The van der Waals surface area contributed by atoms with Gasteiger partial charge in [0, 0.05) is 6.54 Å². The molecule has 0 radical (unpaired) electrons. The van der Waals surface area contributed by atoms with E-state index in [2.05, 4.69) is 5.32 Å². The molecule has 0 amide bonds. The van der Waals surface area contributed by atoms with Crippen LogP contribution in [0.4, 0.5) is 4.39 Å². The molecule has 0 atom stereocenters. The summed E-state index contributed by atoms with van der Waals surface area (Å²) in [4.78, 5) is 11.4. The zero-order chi connectivity index (χ0) is 13.6. The Morgan fingerprint density at radius 3 is 2.78 bits per heavy atom. The van der Waals surface area contributed by atoms with Crippen molar-refractivity contribution in [3.63, 3.8) is 0 Å². The second-order valence-electron chi connectivity index (χ2n) is 4.93. The fourth-order valence-corrected chi connectivity index (χ4v) is 1.67. The zero-order valence-corrected chi connectivity index (χ0v) is 11.1.